The lowest BCUT2D eigenvalue weighted by Crippen LogP contribution is -2.69. The van der Waals surface area contributed by atoms with Crippen LogP contribution in [0.3, 0.4) is 0 Å². The predicted molar refractivity (Wildman–Crippen MR) is 143 cm³/mol. The van der Waals surface area contributed by atoms with E-state index in [1.807, 2.05) is 27.7 Å². The molecular weight excluding hydrogens is 490 g/mol. The molecule has 2 aliphatic rings. The zero-order chi connectivity index (χ0) is 28.8. The lowest BCUT2D eigenvalue weighted by Gasteiger charge is -2.47. The Bertz CT molecular complexity index is 871. The van der Waals surface area contributed by atoms with Crippen LogP contribution in [0.2, 0.25) is 0 Å². The van der Waals surface area contributed by atoms with Gasteiger partial charge in [-0.05, 0) is 54.9 Å². The molecule has 0 saturated carbocycles. The van der Waals surface area contributed by atoms with Crippen molar-refractivity contribution in [2.75, 3.05) is 32.9 Å². The van der Waals surface area contributed by atoms with Gasteiger partial charge in [-0.3, -0.25) is 29.8 Å². The van der Waals surface area contributed by atoms with Gasteiger partial charge in [0.25, 0.3) is 0 Å². The minimum Gasteiger partial charge on any atom is -0.463 e. The fraction of sp³-hybridized carbons (Fsp3) is 0.857. The Hall–Kier alpha value is -2.20. The van der Waals surface area contributed by atoms with Crippen LogP contribution < -0.4 is 10.6 Å². The van der Waals surface area contributed by atoms with Gasteiger partial charge >= 0.3 is 17.9 Å². The molecule has 0 bridgehead atoms. The smallest absolute Gasteiger partial charge is 0.325 e. The van der Waals surface area contributed by atoms with Crippen LogP contribution in [0.1, 0.15) is 93.9 Å². The molecule has 2 heterocycles. The van der Waals surface area contributed by atoms with Crippen molar-refractivity contribution in [3.05, 3.63) is 0 Å². The van der Waals surface area contributed by atoms with Gasteiger partial charge < -0.3 is 19.1 Å². The number of ether oxygens (including phenoxy) is 3. The Morgan fingerprint density at radius 2 is 1.55 bits per heavy atom. The van der Waals surface area contributed by atoms with Gasteiger partial charge in [-0.2, -0.15) is 0 Å². The largest absolute Gasteiger partial charge is 0.463 e. The Kier molecular flexibility index (Phi) is 10.8. The number of piperazine rings is 1. The van der Waals surface area contributed by atoms with Crippen LogP contribution in [0, 0.1) is 5.92 Å². The molecule has 0 aromatic rings. The standard InChI is InChI=1S/C28H49N3O7/c1-9-10-11-12-13-14-20(22(33)37-18-28(8)19-38-24(35)27(6,7)30-28)21(32)36-16-15-31-17-25(2,3)29-26(4,5)23(31)34/h20,29-30H,9-19H2,1-8H3. The average molecular weight is 540 g/mol. The van der Waals surface area contributed by atoms with Crippen LogP contribution in [0.25, 0.3) is 0 Å². The number of rotatable bonds is 13. The second-order valence-electron chi connectivity index (χ2n) is 12.8. The molecule has 0 aliphatic carbocycles. The lowest BCUT2D eigenvalue weighted by atomic mass is 9.90. The minimum atomic E-state index is -1.05. The van der Waals surface area contributed by atoms with E-state index in [-0.39, 0.29) is 43.8 Å². The summed E-state index contributed by atoms with van der Waals surface area (Å²) in [7, 11) is 0. The molecule has 2 atom stereocenters. The molecule has 2 rings (SSSR count). The SMILES string of the molecule is CCCCCCCC(C(=O)OCCN1CC(C)(C)NC(C)(C)C1=O)C(=O)OCC1(C)COC(=O)C(C)(C)N1. The lowest BCUT2D eigenvalue weighted by molar-refractivity contribution is -0.170. The highest BCUT2D eigenvalue weighted by atomic mass is 16.6. The highest BCUT2D eigenvalue weighted by Gasteiger charge is 2.45. The van der Waals surface area contributed by atoms with Crippen molar-refractivity contribution in [1.82, 2.24) is 15.5 Å². The molecule has 10 nitrogen and oxygen atoms in total. The topological polar surface area (TPSA) is 123 Å². The second kappa shape index (κ2) is 12.8. The number of nitrogens with one attached hydrogen (secondary N) is 2. The Balaban J connectivity index is 1.98. The number of carbonyl (C=O) groups is 4. The zero-order valence-corrected chi connectivity index (χ0v) is 24.7. The number of amides is 1. The molecule has 2 saturated heterocycles. The zero-order valence-electron chi connectivity index (χ0n) is 24.7. The summed E-state index contributed by atoms with van der Waals surface area (Å²) in [5.41, 5.74) is -2.69. The van der Waals surface area contributed by atoms with Crippen LogP contribution in [0.15, 0.2) is 0 Å². The van der Waals surface area contributed by atoms with E-state index in [1.54, 1.807) is 25.7 Å². The maximum atomic E-state index is 13.1. The second-order valence-corrected chi connectivity index (χ2v) is 12.8. The summed E-state index contributed by atoms with van der Waals surface area (Å²) in [6.45, 7) is 15.8. The quantitative estimate of drug-likeness (QED) is 0.157. The molecule has 0 aromatic heterocycles. The first-order valence-corrected chi connectivity index (χ1v) is 13.9. The number of carbonyl (C=O) groups excluding carboxylic acids is 4. The van der Waals surface area contributed by atoms with Gasteiger partial charge in [0.05, 0.1) is 17.6 Å². The molecule has 10 heteroatoms. The van der Waals surface area contributed by atoms with Crippen molar-refractivity contribution in [2.45, 2.75) is 116 Å². The van der Waals surface area contributed by atoms with E-state index in [9.17, 15) is 19.2 Å². The van der Waals surface area contributed by atoms with Gasteiger partial charge in [0.2, 0.25) is 5.91 Å². The summed E-state index contributed by atoms with van der Waals surface area (Å²) < 4.78 is 16.4. The first-order chi connectivity index (χ1) is 17.5. The normalized spacial score (nSPS) is 24.9. The number of hydrogen-bond donors (Lipinski definition) is 2. The number of nitrogens with zero attached hydrogens (tertiary/aromatic N) is 1. The van der Waals surface area contributed by atoms with Crippen molar-refractivity contribution in [2.24, 2.45) is 5.92 Å². The van der Waals surface area contributed by atoms with Gasteiger partial charge in [-0.1, -0.05) is 39.0 Å². The third kappa shape index (κ3) is 8.93. The van der Waals surface area contributed by atoms with Gasteiger partial charge in [-0.15, -0.1) is 0 Å². The summed E-state index contributed by atoms with van der Waals surface area (Å²) in [4.78, 5) is 52.6. The fourth-order valence-corrected chi connectivity index (χ4v) is 5.36. The predicted octanol–water partition coefficient (Wildman–Crippen LogP) is 2.72. The first-order valence-electron chi connectivity index (χ1n) is 13.9. The Labute approximate surface area is 227 Å². The molecule has 2 N–H and O–H groups in total. The van der Waals surface area contributed by atoms with E-state index in [0.717, 1.165) is 25.7 Å². The number of cyclic esters (lactones) is 1. The summed E-state index contributed by atoms with van der Waals surface area (Å²) in [6.07, 6.45) is 5.17. The molecule has 0 radical (unpaired) electrons. The third-order valence-electron chi connectivity index (χ3n) is 7.01. The number of esters is 3. The maximum absolute atomic E-state index is 13.1. The number of hydrogen-bond acceptors (Lipinski definition) is 9. The van der Waals surface area contributed by atoms with Crippen molar-refractivity contribution in [1.29, 1.82) is 0 Å². The van der Waals surface area contributed by atoms with E-state index >= 15 is 0 Å². The van der Waals surface area contributed by atoms with Crippen molar-refractivity contribution in [3.8, 4) is 0 Å². The number of morpholine rings is 1. The van der Waals surface area contributed by atoms with Gasteiger partial charge in [-0.25, -0.2) is 0 Å². The minimum absolute atomic E-state index is 0.000238. The molecule has 2 unspecified atom stereocenters. The molecule has 2 aliphatic heterocycles. The molecule has 0 spiro atoms. The van der Waals surface area contributed by atoms with Crippen molar-refractivity contribution < 1.29 is 33.4 Å². The summed E-state index contributed by atoms with van der Waals surface area (Å²) >= 11 is 0. The molecular formula is C28H49N3O7. The van der Waals surface area contributed by atoms with Crippen LogP contribution in [0.4, 0.5) is 0 Å². The summed E-state index contributed by atoms with van der Waals surface area (Å²) in [6, 6.07) is 0. The Morgan fingerprint density at radius 1 is 0.921 bits per heavy atom. The molecule has 0 aromatic carbocycles. The van der Waals surface area contributed by atoms with Gasteiger partial charge in [0.15, 0.2) is 5.92 Å². The van der Waals surface area contributed by atoms with Crippen LogP contribution in [-0.2, 0) is 33.4 Å². The highest BCUT2D eigenvalue weighted by molar-refractivity contribution is 5.95. The monoisotopic (exact) mass is 539 g/mol. The third-order valence-corrected chi connectivity index (χ3v) is 7.01. The molecule has 38 heavy (non-hydrogen) atoms. The van der Waals surface area contributed by atoms with Crippen LogP contribution in [-0.4, -0.2) is 83.8 Å². The first kappa shape index (κ1) is 32.0. The highest BCUT2D eigenvalue weighted by Crippen LogP contribution is 2.24. The van der Waals surface area contributed by atoms with Gasteiger partial charge in [0, 0.05) is 12.1 Å². The average Bonchev–Trinajstić information content (AvgIpc) is 2.79. The van der Waals surface area contributed by atoms with Crippen molar-refractivity contribution in [3.63, 3.8) is 0 Å². The van der Waals surface area contributed by atoms with E-state index in [4.69, 9.17) is 14.2 Å². The van der Waals surface area contributed by atoms with E-state index < -0.39 is 34.5 Å². The van der Waals surface area contributed by atoms with Gasteiger partial charge in [0.1, 0.15) is 25.4 Å². The number of unbranched alkanes of at least 4 members (excludes halogenated alkanes) is 4. The summed E-state index contributed by atoms with van der Waals surface area (Å²) in [5, 5.41) is 6.53. The van der Waals surface area contributed by atoms with E-state index in [2.05, 4.69) is 17.6 Å². The Morgan fingerprint density at radius 3 is 2.18 bits per heavy atom. The molecule has 2 fully saturated rings. The molecule has 218 valence electrons. The fourth-order valence-electron chi connectivity index (χ4n) is 5.36. The molecule has 1 amide bonds. The van der Waals surface area contributed by atoms with Crippen molar-refractivity contribution >= 4 is 23.8 Å². The van der Waals surface area contributed by atoms with E-state index in [0.29, 0.717) is 19.4 Å². The van der Waals surface area contributed by atoms with Crippen LogP contribution in [0.5, 0.6) is 0 Å². The van der Waals surface area contributed by atoms with E-state index in [1.165, 1.54) is 0 Å². The van der Waals surface area contributed by atoms with Crippen LogP contribution >= 0.6 is 0 Å². The maximum Gasteiger partial charge on any atom is 0.325 e. The summed E-state index contributed by atoms with van der Waals surface area (Å²) in [5.74, 6) is -2.77.